The third kappa shape index (κ3) is 3.33. The van der Waals surface area contributed by atoms with Crippen molar-refractivity contribution in [1.29, 1.82) is 0 Å². The molecule has 0 radical (unpaired) electrons. The van der Waals surface area contributed by atoms with Crippen molar-refractivity contribution in [1.82, 2.24) is 5.32 Å². The molecule has 5 nitrogen and oxygen atoms in total. The fourth-order valence-electron chi connectivity index (χ4n) is 3.93. The number of ether oxygens (including phenoxy) is 1. The number of fused-ring (bicyclic) bond motifs is 3. The smallest absolute Gasteiger partial charge is 0.407 e. The van der Waals surface area contributed by atoms with Crippen LogP contribution in [-0.2, 0) is 16.1 Å². The van der Waals surface area contributed by atoms with Crippen LogP contribution in [0, 0.1) is 10.8 Å². The van der Waals surface area contributed by atoms with Gasteiger partial charge in [-0.05, 0) is 49.5 Å². The Balaban J connectivity index is 1.46. The molecule has 3 N–H and O–H groups in total. The molecule has 0 heterocycles. The van der Waals surface area contributed by atoms with E-state index in [0.29, 0.717) is 6.54 Å². The Morgan fingerprint density at radius 3 is 2.22 bits per heavy atom. The van der Waals surface area contributed by atoms with Gasteiger partial charge in [-0.3, -0.25) is 4.79 Å². The van der Waals surface area contributed by atoms with E-state index in [1.165, 1.54) is 0 Å². The molecule has 0 atom stereocenters. The molecule has 2 amide bonds. The molecule has 0 saturated heterocycles. The van der Waals surface area contributed by atoms with Gasteiger partial charge in [0.15, 0.2) is 0 Å². The number of hydrogen-bond donors (Lipinski definition) is 2. The van der Waals surface area contributed by atoms with E-state index in [2.05, 4.69) is 5.32 Å². The molecular weight excluding hydrogens is 292 g/mol. The van der Waals surface area contributed by atoms with E-state index in [1.807, 2.05) is 30.3 Å². The fraction of sp³-hybridized carbons (Fsp3) is 0.556. The molecular formula is C18H24N2O3. The maximum Gasteiger partial charge on any atom is 0.407 e. The van der Waals surface area contributed by atoms with Gasteiger partial charge < -0.3 is 15.8 Å². The zero-order valence-corrected chi connectivity index (χ0v) is 13.3. The number of benzene rings is 1. The number of carbonyl (C=O) groups excluding carboxylic acids is 2. The summed E-state index contributed by atoms with van der Waals surface area (Å²) in [5, 5.41) is 2.90. The second-order valence-corrected chi connectivity index (χ2v) is 7.06. The standard InChI is InChI=1S/C18H24N2O3/c19-15(21)18-9-6-17(7-10-18,8-11-18)13-20-16(22)23-12-14-4-2-1-3-5-14/h1-5H,6-13H2,(H2,19,21)(H,20,22). The minimum atomic E-state index is -0.375. The molecule has 2 bridgehead atoms. The lowest BCUT2D eigenvalue weighted by atomic mass is 9.53. The van der Waals surface area contributed by atoms with Crippen LogP contribution in [-0.4, -0.2) is 18.5 Å². The fourth-order valence-corrected chi connectivity index (χ4v) is 3.93. The van der Waals surface area contributed by atoms with Crippen LogP contribution in [0.5, 0.6) is 0 Å². The summed E-state index contributed by atoms with van der Waals surface area (Å²) in [7, 11) is 0. The first kappa shape index (κ1) is 15.8. The molecule has 23 heavy (non-hydrogen) atoms. The number of hydrogen-bond acceptors (Lipinski definition) is 3. The highest BCUT2D eigenvalue weighted by Gasteiger charge is 2.51. The lowest BCUT2D eigenvalue weighted by molar-refractivity contribution is -0.136. The first-order valence-electron chi connectivity index (χ1n) is 8.28. The number of nitrogens with two attached hydrogens (primary N) is 1. The molecule has 3 saturated carbocycles. The van der Waals surface area contributed by atoms with Crippen molar-refractivity contribution in [3.8, 4) is 0 Å². The summed E-state index contributed by atoms with van der Waals surface area (Å²) >= 11 is 0. The van der Waals surface area contributed by atoms with Gasteiger partial charge in [0.05, 0.1) is 0 Å². The quantitative estimate of drug-likeness (QED) is 0.876. The van der Waals surface area contributed by atoms with Crippen molar-refractivity contribution in [3.05, 3.63) is 35.9 Å². The van der Waals surface area contributed by atoms with Gasteiger partial charge in [0.1, 0.15) is 6.61 Å². The van der Waals surface area contributed by atoms with Crippen LogP contribution in [0.1, 0.15) is 44.1 Å². The van der Waals surface area contributed by atoms with Crippen LogP contribution < -0.4 is 11.1 Å². The molecule has 3 aliphatic rings. The van der Waals surface area contributed by atoms with Gasteiger partial charge in [-0.2, -0.15) is 0 Å². The Morgan fingerprint density at radius 2 is 1.65 bits per heavy atom. The number of nitrogens with one attached hydrogen (secondary N) is 1. The van der Waals surface area contributed by atoms with E-state index in [0.717, 1.165) is 44.1 Å². The third-order valence-electron chi connectivity index (χ3n) is 5.74. The Labute approximate surface area is 136 Å². The average molecular weight is 316 g/mol. The monoisotopic (exact) mass is 316 g/mol. The first-order valence-corrected chi connectivity index (χ1v) is 8.28. The number of carbonyl (C=O) groups is 2. The Morgan fingerprint density at radius 1 is 1.04 bits per heavy atom. The summed E-state index contributed by atoms with van der Waals surface area (Å²) in [5.41, 5.74) is 6.38. The predicted octanol–water partition coefficient (Wildman–Crippen LogP) is 2.74. The molecule has 5 heteroatoms. The lowest BCUT2D eigenvalue weighted by Gasteiger charge is -2.51. The summed E-state index contributed by atoms with van der Waals surface area (Å²) in [6.45, 7) is 0.903. The third-order valence-corrected chi connectivity index (χ3v) is 5.74. The van der Waals surface area contributed by atoms with E-state index in [-0.39, 0.29) is 29.4 Å². The van der Waals surface area contributed by atoms with Gasteiger partial charge in [-0.1, -0.05) is 30.3 Å². The van der Waals surface area contributed by atoms with E-state index in [4.69, 9.17) is 10.5 Å². The Kier molecular flexibility index (Phi) is 4.28. The zero-order valence-electron chi connectivity index (χ0n) is 13.3. The Bertz CT molecular complexity index is 561. The van der Waals surface area contributed by atoms with E-state index >= 15 is 0 Å². The maximum atomic E-state index is 11.9. The normalized spacial score (nSPS) is 29.0. The van der Waals surface area contributed by atoms with E-state index in [1.54, 1.807) is 0 Å². The van der Waals surface area contributed by atoms with Crippen molar-refractivity contribution in [2.45, 2.75) is 45.1 Å². The average Bonchev–Trinajstić information content (AvgIpc) is 2.61. The maximum absolute atomic E-state index is 11.9. The van der Waals surface area contributed by atoms with E-state index < -0.39 is 0 Å². The SMILES string of the molecule is NC(=O)C12CCC(CNC(=O)OCc3ccccc3)(CC1)CC2. The number of alkyl carbamates (subject to hydrolysis) is 1. The predicted molar refractivity (Wildman–Crippen MR) is 86.4 cm³/mol. The summed E-state index contributed by atoms with van der Waals surface area (Å²) in [5.74, 6) is -0.152. The van der Waals surface area contributed by atoms with Crippen molar-refractivity contribution >= 4 is 12.0 Å². The Hall–Kier alpha value is -2.04. The highest BCUT2D eigenvalue weighted by molar-refractivity contribution is 5.81. The van der Waals surface area contributed by atoms with Crippen LogP contribution in [0.4, 0.5) is 4.79 Å². The van der Waals surface area contributed by atoms with Crippen LogP contribution in [0.2, 0.25) is 0 Å². The molecule has 3 fully saturated rings. The molecule has 124 valence electrons. The number of primary amides is 1. The molecule has 3 aliphatic carbocycles. The largest absolute Gasteiger partial charge is 0.445 e. The number of amides is 2. The van der Waals surface area contributed by atoms with Gasteiger partial charge in [0, 0.05) is 12.0 Å². The second-order valence-electron chi connectivity index (χ2n) is 7.06. The van der Waals surface area contributed by atoms with Crippen LogP contribution in [0.25, 0.3) is 0 Å². The van der Waals surface area contributed by atoms with E-state index in [9.17, 15) is 9.59 Å². The second kappa shape index (κ2) is 6.22. The summed E-state index contributed by atoms with van der Waals surface area (Å²) in [4.78, 5) is 23.5. The highest BCUT2D eigenvalue weighted by atomic mass is 16.5. The summed E-state index contributed by atoms with van der Waals surface area (Å²) in [6.07, 6.45) is 5.04. The minimum Gasteiger partial charge on any atom is -0.445 e. The van der Waals surface area contributed by atoms with Crippen LogP contribution in [0.15, 0.2) is 30.3 Å². The van der Waals surface area contributed by atoms with Crippen LogP contribution >= 0.6 is 0 Å². The highest BCUT2D eigenvalue weighted by Crippen LogP contribution is 2.56. The van der Waals surface area contributed by atoms with Crippen LogP contribution in [0.3, 0.4) is 0 Å². The molecule has 1 aromatic carbocycles. The van der Waals surface area contributed by atoms with Gasteiger partial charge >= 0.3 is 6.09 Å². The minimum absolute atomic E-state index is 0.114. The number of rotatable bonds is 5. The molecule has 0 aliphatic heterocycles. The summed E-state index contributed by atoms with van der Waals surface area (Å²) in [6, 6.07) is 9.63. The lowest BCUT2D eigenvalue weighted by Crippen LogP contribution is -2.52. The topological polar surface area (TPSA) is 81.4 Å². The molecule has 1 aromatic rings. The molecule has 4 rings (SSSR count). The van der Waals surface area contributed by atoms with Gasteiger partial charge in [0.25, 0.3) is 0 Å². The van der Waals surface area contributed by atoms with Gasteiger partial charge in [-0.15, -0.1) is 0 Å². The van der Waals surface area contributed by atoms with Crippen molar-refractivity contribution in [3.63, 3.8) is 0 Å². The van der Waals surface area contributed by atoms with Crippen molar-refractivity contribution in [2.24, 2.45) is 16.6 Å². The summed E-state index contributed by atoms with van der Waals surface area (Å²) < 4.78 is 5.26. The molecule has 0 unspecified atom stereocenters. The first-order chi connectivity index (χ1) is 11.0. The molecule has 0 spiro atoms. The van der Waals surface area contributed by atoms with Crippen molar-refractivity contribution in [2.75, 3.05) is 6.54 Å². The molecule has 0 aromatic heterocycles. The zero-order chi connectivity index (χ0) is 16.3. The van der Waals surface area contributed by atoms with Crippen molar-refractivity contribution < 1.29 is 14.3 Å². The van der Waals surface area contributed by atoms with Gasteiger partial charge in [0.2, 0.25) is 5.91 Å². The van der Waals surface area contributed by atoms with Gasteiger partial charge in [-0.25, -0.2) is 4.79 Å².